The third-order valence-corrected chi connectivity index (χ3v) is 3.14. The number of halogens is 1. The van der Waals surface area contributed by atoms with Crippen molar-refractivity contribution >= 4 is 21.7 Å². The fourth-order valence-electron chi connectivity index (χ4n) is 1.64. The van der Waals surface area contributed by atoms with Crippen LogP contribution in [0.4, 0.5) is 5.82 Å². The van der Waals surface area contributed by atoms with E-state index < -0.39 is 0 Å². The molecular formula is C14H17BrN4. The molecule has 0 radical (unpaired) electrons. The highest BCUT2D eigenvalue weighted by molar-refractivity contribution is 9.10. The summed E-state index contributed by atoms with van der Waals surface area (Å²) in [6.45, 7) is 4.16. The molecule has 5 heteroatoms. The Morgan fingerprint density at radius 1 is 1.16 bits per heavy atom. The number of hydrogen-bond donors (Lipinski definition) is 0. The van der Waals surface area contributed by atoms with Crippen LogP contribution in [0.2, 0.25) is 0 Å². The van der Waals surface area contributed by atoms with E-state index in [1.807, 2.05) is 43.4 Å². The van der Waals surface area contributed by atoms with Gasteiger partial charge >= 0.3 is 0 Å². The Morgan fingerprint density at radius 2 is 1.89 bits per heavy atom. The highest BCUT2D eigenvalue weighted by Gasteiger charge is 2.09. The molecule has 0 amide bonds. The molecule has 100 valence electrons. The van der Waals surface area contributed by atoms with Gasteiger partial charge < -0.3 is 4.90 Å². The maximum atomic E-state index is 4.58. The van der Waals surface area contributed by atoms with Crippen LogP contribution in [0.5, 0.6) is 0 Å². The lowest BCUT2D eigenvalue weighted by Crippen LogP contribution is -2.10. The zero-order valence-corrected chi connectivity index (χ0v) is 13.1. The van der Waals surface area contributed by atoms with Crippen molar-refractivity contribution in [2.75, 3.05) is 19.0 Å². The molecule has 2 rings (SSSR count). The molecule has 0 aliphatic rings. The van der Waals surface area contributed by atoms with Crippen molar-refractivity contribution in [3.05, 3.63) is 34.8 Å². The summed E-state index contributed by atoms with van der Waals surface area (Å²) in [7, 11) is 3.94. The molecule has 19 heavy (non-hydrogen) atoms. The van der Waals surface area contributed by atoms with Gasteiger partial charge in [0.2, 0.25) is 0 Å². The molecular weight excluding hydrogens is 304 g/mol. The van der Waals surface area contributed by atoms with E-state index in [-0.39, 0.29) is 0 Å². The maximum absolute atomic E-state index is 4.58. The van der Waals surface area contributed by atoms with E-state index in [0.717, 1.165) is 27.5 Å². The van der Waals surface area contributed by atoms with Crippen LogP contribution in [0.25, 0.3) is 11.3 Å². The molecule has 0 aromatic carbocycles. The Kier molecular flexibility index (Phi) is 4.14. The lowest BCUT2D eigenvalue weighted by atomic mass is 10.1. The van der Waals surface area contributed by atoms with E-state index in [9.17, 15) is 0 Å². The molecule has 0 atom stereocenters. The van der Waals surface area contributed by atoms with Gasteiger partial charge in [0.05, 0.1) is 5.69 Å². The highest BCUT2D eigenvalue weighted by Crippen LogP contribution is 2.23. The molecule has 0 aliphatic heterocycles. The second-order valence-electron chi connectivity index (χ2n) is 4.89. The van der Waals surface area contributed by atoms with Gasteiger partial charge in [-0.15, -0.1) is 0 Å². The molecule has 0 unspecified atom stereocenters. The smallest absolute Gasteiger partial charge is 0.132 e. The summed E-state index contributed by atoms with van der Waals surface area (Å²) in [4.78, 5) is 15.3. The van der Waals surface area contributed by atoms with Gasteiger partial charge in [0.25, 0.3) is 0 Å². The van der Waals surface area contributed by atoms with Crippen LogP contribution in [0.1, 0.15) is 25.6 Å². The number of anilines is 1. The fourth-order valence-corrected chi connectivity index (χ4v) is 2.04. The van der Waals surface area contributed by atoms with Gasteiger partial charge in [0.15, 0.2) is 0 Å². The van der Waals surface area contributed by atoms with E-state index in [2.05, 4.69) is 44.7 Å². The summed E-state index contributed by atoms with van der Waals surface area (Å²) in [6.07, 6.45) is 1.84. The van der Waals surface area contributed by atoms with Crippen LogP contribution in [-0.2, 0) is 0 Å². The summed E-state index contributed by atoms with van der Waals surface area (Å²) in [6, 6.07) is 5.93. The second-order valence-corrected chi connectivity index (χ2v) is 5.70. The first-order valence-corrected chi connectivity index (χ1v) is 6.95. The van der Waals surface area contributed by atoms with E-state index in [4.69, 9.17) is 0 Å². The first-order valence-electron chi connectivity index (χ1n) is 6.15. The quantitative estimate of drug-likeness (QED) is 0.812. The Hall–Kier alpha value is -1.49. The third-order valence-electron chi connectivity index (χ3n) is 2.73. The van der Waals surface area contributed by atoms with Crippen molar-refractivity contribution < 1.29 is 0 Å². The lowest BCUT2D eigenvalue weighted by molar-refractivity contribution is 0.771. The molecule has 0 N–H and O–H groups in total. The SMILES string of the molecule is CC(C)c1nc(Br)cc(-c2ccc(N(C)C)nc2)n1. The van der Waals surface area contributed by atoms with E-state index in [1.165, 1.54) is 0 Å². The molecule has 2 heterocycles. The first-order chi connectivity index (χ1) is 8.97. The molecule has 0 aliphatic carbocycles. The molecule has 0 bridgehead atoms. The van der Waals surface area contributed by atoms with Crippen molar-refractivity contribution in [3.8, 4) is 11.3 Å². The average Bonchev–Trinajstić information content (AvgIpc) is 2.38. The fraction of sp³-hybridized carbons (Fsp3) is 0.357. The molecule has 0 saturated carbocycles. The molecule has 0 saturated heterocycles. The molecule has 0 spiro atoms. The second kappa shape index (κ2) is 5.65. The van der Waals surface area contributed by atoms with Gasteiger partial charge in [0, 0.05) is 31.8 Å². The van der Waals surface area contributed by atoms with Crippen molar-refractivity contribution in [3.63, 3.8) is 0 Å². The first kappa shape index (κ1) is 13.9. The van der Waals surface area contributed by atoms with Crippen molar-refractivity contribution in [2.24, 2.45) is 0 Å². The zero-order valence-electron chi connectivity index (χ0n) is 11.6. The largest absolute Gasteiger partial charge is 0.363 e. The topological polar surface area (TPSA) is 41.9 Å². The van der Waals surface area contributed by atoms with E-state index >= 15 is 0 Å². The maximum Gasteiger partial charge on any atom is 0.132 e. The molecule has 0 fully saturated rings. The average molecular weight is 321 g/mol. The Labute approximate surface area is 122 Å². The van der Waals surface area contributed by atoms with Gasteiger partial charge in [-0.1, -0.05) is 13.8 Å². The van der Waals surface area contributed by atoms with Crippen LogP contribution in [0, 0.1) is 0 Å². The number of hydrogen-bond acceptors (Lipinski definition) is 4. The summed E-state index contributed by atoms with van der Waals surface area (Å²) in [5.74, 6) is 2.06. The number of pyridine rings is 1. The number of nitrogens with zero attached hydrogens (tertiary/aromatic N) is 4. The molecule has 4 nitrogen and oxygen atoms in total. The minimum absolute atomic E-state index is 0.297. The van der Waals surface area contributed by atoms with E-state index in [1.54, 1.807) is 0 Å². The minimum atomic E-state index is 0.297. The van der Waals surface area contributed by atoms with Gasteiger partial charge in [-0.05, 0) is 34.1 Å². The highest BCUT2D eigenvalue weighted by atomic mass is 79.9. The van der Waals surface area contributed by atoms with Crippen LogP contribution < -0.4 is 4.90 Å². The lowest BCUT2D eigenvalue weighted by Gasteiger charge is -2.12. The molecule has 2 aromatic rings. The van der Waals surface area contributed by atoms with Gasteiger partial charge in [0.1, 0.15) is 16.2 Å². The van der Waals surface area contributed by atoms with E-state index in [0.29, 0.717) is 5.92 Å². The van der Waals surface area contributed by atoms with Crippen LogP contribution in [0.3, 0.4) is 0 Å². The van der Waals surface area contributed by atoms with Crippen molar-refractivity contribution in [1.29, 1.82) is 0 Å². The van der Waals surface area contributed by atoms with Crippen molar-refractivity contribution in [1.82, 2.24) is 15.0 Å². The Bertz CT molecular complexity index is 564. The summed E-state index contributed by atoms with van der Waals surface area (Å²) in [5, 5.41) is 0. The standard InChI is InChI=1S/C14H17BrN4/c1-9(2)14-17-11(7-12(15)18-14)10-5-6-13(16-8-10)19(3)4/h5-9H,1-4H3. The van der Waals surface area contributed by atoms with Crippen LogP contribution >= 0.6 is 15.9 Å². The summed E-state index contributed by atoms with van der Waals surface area (Å²) >= 11 is 3.44. The predicted molar refractivity (Wildman–Crippen MR) is 81.4 cm³/mol. The summed E-state index contributed by atoms with van der Waals surface area (Å²) in [5.41, 5.74) is 1.89. The Morgan fingerprint density at radius 3 is 2.42 bits per heavy atom. The van der Waals surface area contributed by atoms with Gasteiger partial charge in [-0.25, -0.2) is 15.0 Å². The summed E-state index contributed by atoms with van der Waals surface area (Å²) < 4.78 is 0.804. The number of aromatic nitrogens is 3. The van der Waals surface area contributed by atoms with Crippen LogP contribution in [0.15, 0.2) is 29.0 Å². The van der Waals surface area contributed by atoms with Gasteiger partial charge in [-0.2, -0.15) is 0 Å². The van der Waals surface area contributed by atoms with Crippen LogP contribution in [-0.4, -0.2) is 29.0 Å². The third kappa shape index (κ3) is 3.29. The zero-order chi connectivity index (χ0) is 14.0. The number of rotatable bonds is 3. The predicted octanol–water partition coefficient (Wildman–Crippen LogP) is 3.49. The monoisotopic (exact) mass is 320 g/mol. The van der Waals surface area contributed by atoms with Gasteiger partial charge in [-0.3, -0.25) is 0 Å². The van der Waals surface area contributed by atoms with Crippen molar-refractivity contribution in [2.45, 2.75) is 19.8 Å². The Balaban J connectivity index is 2.41. The molecule has 2 aromatic heterocycles. The minimum Gasteiger partial charge on any atom is -0.363 e. The normalized spacial score (nSPS) is 10.8.